The van der Waals surface area contributed by atoms with Crippen molar-refractivity contribution in [2.24, 2.45) is 5.41 Å². The molecule has 1 heterocycles. The van der Waals surface area contributed by atoms with Crippen LogP contribution in [0.4, 0.5) is 0 Å². The normalized spacial score (nSPS) is 16.4. The lowest BCUT2D eigenvalue weighted by Crippen LogP contribution is -2.55. The maximum Gasteiger partial charge on any atom is 0.324 e. The first-order valence-corrected chi connectivity index (χ1v) is 5.91. The largest absolute Gasteiger partial charge is 0.496 e. The quantitative estimate of drug-likeness (QED) is 0.467. The van der Waals surface area contributed by atoms with Crippen molar-refractivity contribution < 1.29 is 23.8 Å². The lowest BCUT2D eigenvalue weighted by Gasteiger charge is -2.37. The van der Waals surface area contributed by atoms with Crippen molar-refractivity contribution in [3.05, 3.63) is 29.3 Å². The topological polar surface area (TPSA) is 61.8 Å². The molecule has 0 aromatic heterocycles. The van der Waals surface area contributed by atoms with Crippen LogP contribution in [-0.4, -0.2) is 39.2 Å². The molecule has 0 radical (unpaired) electrons. The predicted molar refractivity (Wildman–Crippen MR) is 67.3 cm³/mol. The Labute approximate surface area is 111 Å². The number of hydrogen-bond donors (Lipinski definition) is 0. The van der Waals surface area contributed by atoms with Gasteiger partial charge in [-0.05, 0) is 19.1 Å². The second-order valence-electron chi connectivity index (χ2n) is 4.60. The first-order chi connectivity index (χ1) is 9.05. The lowest BCUT2D eigenvalue weighted by atomic mass is 9.78. The number of aryl methyl sites for hydroxylation is 1. The minimum absolute atomic E-state index is 0.0512. The van der Waals surface area contributed by atoms with Gasteiger partial charge in [0.2, 0.25) is 0 Å². The van der Waals surface area contributed by atoms with E-state index in [-0.39, 0.29) is 19.0 Å². The summed E-state index contributed by atoms with van der Waals surface area (Å²) in [6, 6.07) is 5.27. The zero-order chi connectivity index (χ0) is 14.0. The molecule has 5 nitrogen and oxygen atoms in total. The summed E-state index contributed by atoms with van der Waals surface area (Å²) in [4.78, 5) is 24.5. The van der Waals surface area contributed by atoms with Crippen molar-refractivity contribution in [3.8, 4) is 5.75 Å². The zero-order valence-electron chi connectivity index (χ0n) is 11.2. The second-order valence-corrected chi connectivity index (χ2v) is 4.60. The molecule has 0 amide bonds. The summed E-state index contributed by atoms with van der Waals surface area (Å²) in [5.74, 6) is -0.427. The summed E-state index contributed by atoms with van der Waals surface area (Å²) in [5, 5.41) is 0. The molecule has 0 spiro atoms. The molecule has 0 unspecified atom stereocenters. The van der Waals surface area contributed by atoms with Crippen LogP contribution >= 0.6 is 0 Å². The van der Waals surface area contributed by atoms with Crippen molar-refractivity contribution >= 4 is 11.8 Å². The van der Waals surface area contributed by atoms with Gasteiger partial charge in [0.1, 0.15) is 5.75 Å². The molecule has 0 bridgehead atoms. The highest BCUT2D eigenvalue weighted by Gasteiger charge is 2.54. The van der Waals surface area contributed by atoms with E-state index in [2.05, 4.69) is 0 Å². The van der Waals surface area contributed by atoms with Crippen LogP contribution in [0.5, 0.6) is 5.75 Å². The van der Waals surface area contributed by atoms with Gasteiger partial charge in [-0.3, -0.25) is 9.59 Å². The van der Waals surface area contributed by atoms with Gasteiger partial charge in [0.15, 0.2) is 11.2 Å². The smallest absolute Gasteiger partial charge is 0.324 e. The summed E-state index contributed by atoms with van der Waals surface area (Å²) in [5.41, 5.74) is 0.0798. The molecule has 0 saturated carbocycles. The molecule has 19 heavy (non-hydrogen) atoms. The molecule has 0 atom stereocenters. The van der Waals surface area contributed by atoms with E-state index >= 15 is 0 Å². The average Bonchev–Trinajstić information content (AvgIpc) is 2.36. The molecule has 5 heteroatoms. The summed E-state index contributed by atoms with van der Waals surface area (Å²) in [7, 11) is 2.76. The molecule has 1 aromatic rings. The number of Topliss-reactive ketones (excluding diaryl/α,β-unsaturated/α-hetero) is 1. The van der Waals surface area contributed by atoms with Crippen LogP contribution in [0.3, 0.4) is 0 Å². The minimum Gasteiger partial charge on any atom is -0.496 e. The van der Waals surface area contributed by atoms with Crippen LogP contribution in [0.1, 0.15) is 15.9 Å². The highest BCUT2D eigenvalue weighted by atomic mass is 16.5. The van der Waals surface area contributed by atoms with Gasteiger partial charge in [-0.1, -0.05) is 11.6 Å². The SMILES string of the molecule is COC(=O)C1(C(=O)c2cc(C)ccc2OC)COC1. The Morgan fingerprint density at radius 2 is 1.95 bits per heavy atom. The number of carbonyl (C=O) groups excluding carboxylic acids is 2. The number of rotatable bonds is 4. The highest BCUT2D eigenvalue weighted by molar-refractivity contribution is 6.14. The molecule has 0 N–H and O–H groups in total. The van der Waals surface area contributed by atoms with E-state index in [1.54, 1.807) is 12.1 Å². The van der Waals surface area contributed by atoms with E-state index in [0.29, 0.717) is 11.3 Å². The number of benzene rings is 1. The molecule has 1 aromatic carbocycles. The molecule has 102 valence electrons. The van der Waals surface area contributed by atoms with Gasteiger partial charge in [0.25, 0.3) is 0 Å². The third-order valence-electron chi connectivity index (χ3n) is 3.31. The van der Waals surface area contributed by atoms with Gasteiger partial charge in [0.05, 0.1) is 33.0 Å². The molecule has 0 aliphatic carbocycles. The van der Waals surface area contributed by atoms with Crippen LogP contribution in [0, 0.1) is 12.3 Å². The van der Waals surface area contributed by atoms with E-state index in [1.165, 1.54) is 14.2 Å². The Morgan fingerprint density at radius 1 is 1.26 bits per heavy atom. The summed E-state index contributed by atoms with van der Waals surface area (Å²) in [6.07, 6.45) is 0. The number of ketones is 1. The first-order valence-electron chi connectivity index (χ1n) is 5.91. The predicted octanol–water partition coefficient (Wildman–Crippen LogP) is 1.38. The number of carbonyl (C=O) groups is 2. The monoisotopic (exact) mass is 264 g/mol. The molecule has 1 aliphatic rings. The van der Waals surface area contributed by atoms with Gasteiger partial charge < -0.3 is 14.2 Å². The van der Waals surface area contributed by atoms with Gasteiger partial charge in [-0.15, -0.1) is 0 Å². The summed E-state index contributed by atoms with van der Waals surface area (Å²) >= 11 is 0. The van der Waals surface area contributed by atoms with E-state index < -0.39 is 11.4 Å². The lowest BCUT2D eigenvalue weighted by molar-refractivity contribution is -0.172. The molecule has 1 aliphatic heterocycles. The maximum absolute atomic E-state index is 12.6. The van der Waals surface area contributed by atoms with Crippen LogP contribution in [0.15, 0.2) is 18.2 Å². The van der Waals surface area contributed by atoms with Crippen LogP contribution < -0.4 is 4.74 Å². The number of esters is 1. The van der Waals surface area contributed by atoms with Crippen LogP contribution in [0.2, 0.25) is 0 Å². The van der Waals surface area contributed by atoms with E-state index in [1.807, 2.05) is 13.0 Å². The van der Waals surface area contributed by atoms with Crippen molar-refractivity contribution in [2.45, 2.75) is 6.92 Å². The van der Waals surface area contributed by atoms with Gasteiger partial charge in [-0.2, -0.15) is 0 Å². The second kappa shape index (κ2) is 5.01. The minimum atomic E-state index is -1.23. The fourth-order valence-corrected chi connectivity index (χ4v) is 2.10. The Balaban J connectivity index is 2.43. The van der Waals surface area contributed by atoms with Crippen molar-refractivity contribution in [1.82, 2.24) is 0 Å². The van der Waals surface area contributed by atoms with E-state index in [0.717, 1.165) is 5.56 Å². The molecular formula is C14H16O5. The molecule has 2 rings (SSSR count). The van der Waals surface area contributed by atoms with Crippen molar-refractivity contribution in [2.75, 3.05) is 27.4 Å². The van der Waals surface area contributed by atoms with E-state index in [4.69, 9.17) is 14.2 Å². The fourth-order valence-electron chi connectivity index (χ4n) is 2.10. The molecular weight excluding hydrogens is 248 g/mol. The number of ether oxygens (including phenoxy) is 3. The Morgan fingerprint density at radius 3 is 2.42 bits per heavy atom. The number of methoxy groups -OCH3 is 2. The Hall–Kier alpha value is -1.88. The fraction of sp³-hybridized carbons (Fsp3) is 0.429. The van der Waals surface area contributed by atoms with Gasteiger partial charge >= 0.3 is 5.97 Å². The van der Waals surface area contributed by atoms with Crippen LogP contribution in [0.25, 0.3) is 0 Å². The third kappa shape index (κ3) is 2.10. The first kappa shape index (κ1) is 13.5. The summed E-state index contributed by atoms with van der Waals surface area (Å²) < 4.78 is 15.0. The maximum atomic E-state index is 12.6. The summed E-state index contributed by atoms with van der Waals surface area (Å²) in [6.45, 7) is 1.98. The van der Waals surface area contributed by atoms with Crippen molar-refractivity contribution in [1.29, 1.82) is 0 Å². The van der Waals surface area contributed by atoms with Crippen LogP contribution in [-0.2, 0) is 14.3 Å². The number of hydrogen-bond acceptors (Lipinski definition) is 5. The standard InChI is InChI=1S/C14H16O5/c1-9-4-5-11(17-2)10(6-9)12(15)14(7-19-8-14)13(16)18-3/h4-6H,7-8H2,1-3H3. The van der Waals surface area contributed by atoms with Gasteiger partial charge in [-0.25, -0.2) is 0 Å². The van der Waals surface area contributed by atoms with Gasteiger partial charge in [0, 0.05) is 0 Å². The highest BCUT2D eigenvalue weighted by Crippen LogP contribution is 2.36. The zero-order valence-corrected chi connectivity index (χ0v) is 11.2. The molecule has 1 saturated heterocycles. The molecule has 1 fully saturated rings. The van der Waals surface area contributed by atoms with Crippen molar-refractivity contribution in [3.63, 3.8) is 0 Å². The Bertz CT molecular complexity index is 517. The third-order valence-corrected chi connectivity index (χ3v) is 3.31. The Kier molecular flexibility index (Phi) is 3.57. The average molecular weight is 264 g/mol. The van der Waals surface area contributed by atoms with E-state index in [9.17, 15) is 9.59 Å².